The number of hydrogen-bond donors (Lipinski definition) is 1. The van der Waals surface area contributed by atoms with E-state index >= 15 is 0 Å². The molecule has 1 rings (SSSR count). The van der Waals surface area contributed by atoms with Crippen molar-refractivity contribution in [1.82, 2.24) is 9.80 Å². The lowest BCUT2D eigenvalue weighted by atomic mass is 9.84. The van der Waals surface area contributed by atoms with Gasteiger partial charge >= 0.3 is 6.09 Å². The summed E-state index contributed by atoms with van der Waals surface area (Å²) in [6.07, 6.45) is 0.831. The summed E-state index contributed by atoms with van der Waals surface area (Å²) in [5.74, 6) is -0.275. The zero-order valence-corrected chi connectivity index (χ0v) is 16.4. The minimum Gasteiger partial charge on any atom is -0.465 e. The Morgan fingerprint density at radius 1 is 1.28 bits per heavy atom. The van der Waals surface area contributed by atoms with Crippen LogP contribution in [0.25, 0.3) is 0 Å². The molecule has 25 heavy (non-hydrogen) atoms. The summed E-state index contributed by atoms with van der Waals surface area (Å²) in [6.45, 7) is 7.52. The van der Waals surface area contributed by atoms with Crippen molar-refractivity contribution < 1.29 is 14.7 Å². The number of likely N-dealkylation sites (N-methyl/N-ethyl adjacent to an activating group) is 2. The molecular weight excluding hydrogens is 363 g/mol. The van der Waals surface area contributed by atoms with Crippen molar-refractivity contribution >= 4 is 35.2 Å². The Labute approximate surface area is 158 Å². The lowest BCUT2D eigenvalue weighted by Gasteiger charge is -2.43. The first-order chi connectivity index (χ1) is 11.6. The van der Waals surface area contributed by atoms with E-state index in [1.54, 1.807) is 45.2 Å². The van der Waals surface area contributed by atoms with E-state index < -0.39 is 11.6 Å². The minimum atomic E-state index is -1.11. The number of hydrogen-bond acceptors (Lipinski definition) is 2. The Bertz CT molecular complexity index is 664. The fourth-order valence-corrected chi connectivity index (χ4v) is 3.13. The number of carboxylic acid groups (broad SMARTS) is 1. The van der Waals surface area contributed by atoms with Crippen LogP contribution in [-0.4, -0.2) is 47.5 Å². The third-order valence-electron chi connectivity index (χ3n) is 4.24. The molecule has 1 atom stereocenters. The molecule has 2 amide bonds. The van der Waals surface area contributed by atoms with Crippen molar-refractivity contribution in [2.75, 3.05) is 20.6 Å². The standard InChI is InChI=1S/C18H24Cl2N2O3/c1-6-9-18(22(5)17(24)25,11-21(4)16(23)12(2)3)13-7-8-14(19)15(20)10-13/h6-8,10,12H,1,9,11H2,2-5H3,(H,24,25). The molecule has 0 spiro atoms. The van der Waals surface area contributed by atoms with Crippen molar-refractivity contribution in [3.05, 3.63) is 46.5 Å². The highest BCUT2D eigenvalue weighted by Crippen LogP contribution is 2.36. The summed E-state index contributed by atoms with van der Waals surface area (Å²) in [6, 6.07) is 4.99. The number of carbonyl (C=O) groups is 2. The zero-order chi connectivity index (χ0) is 19.4. The monoisotopic (exact) mass is 386 g/mol. The quantitative estimate of drug-likeness (QED) is 0.702. The number of amides is 2. The smallest absolute Gasteiger partial charge is 0.407 e. The molecule has 1 unspecified atom stereocenters. The van der Waals surface area contributed by atoms with Crippen LogP contribution < -0.4 is 0 Å². The van der Waals surface area contributed by atoms with Gasteiger partial charge in [0.1, 0.15) is 0 Å². The third kappa shape index (κ3) is 4.67. The van der Waals surface area contributed by atoms with Crippen molar-refractivity contribution in [2.24, 2.45) is 5.92 Å². The SMILES string of the molecule is C=CCC(CN(C)C(=O)C(C)C)(c1ccc(Cl)c(Cl)c1)N(C)C(=O)O. The molecular formula is C18H24Cl2N2O3. The van der Waals surface area contributed by atoms with E-state index in [9.17, 15) is 14.7 Å². The molecule has 0 aliphatic rings. The number of benzene rings is 1. The second-order valence-electron chi connectivity index (χ2n) is 6.34. The van der Waals surface area contributed by atoms with E-state index in [-0.39, 0.29) is 18.4 Å². The minimum absolute atomic E-state index is 0.0766. The lowest BCUT2D eigenvalue weighted by molar-refractivity contribution is -0.134. The van der Waals surface area contributed by atoms with Crippen LogP contribution in [-0.2, 0) is 10.3 Å². The molecule has 0 bridgehead atoms. The summed E-state index contributed by atoms with van der Waals surface area (Å²) in [5.41, 5.74) is -0.378. The Morgan fingerprint density at radius 2 is 1.88 bits per heavy atom. The highest BCUT2D eigenvalue weighted by Gasteiger charge is 2.41. The van der Waals surface area contributed by atoms with Gasteiger partial charge in [0.25, 0.3) is 0 Å². The van der Waals surface area contributed by atoms with E-state index in [1.165, 1.54) is 16.8 Å². The molecule has 0 aliphatic heterocycles. The lowest BCUT2D eigenvalue weighted by Crippen LogP contribution is -2.54. The highest BCUT2D eigenvalue weighted by molar-refractivity contribution is 6.42. The molecule has 0 saturated carbocycles. The van der Waals surface area contributed by atoms with E-state index in [0.717, 1.165) is 0 Å². The van der Waals surface area contributed by atoms with Gasteiger partial charge in [-0.05, 0) is 24.1 Å². The summed E-state index contributed by atoms with van der Waals surface area (Å²) in [7, 11) is 3.13. The topological polar surface area (TPSA) is 60.9 Å². The molecule has 138 valence electrons. The molecule has 1 aromatic rings. The Morgan fingerprint density at radius 3 is 2.32 bits per heavy atom. The van der Waals surface area contributed by atoms with Crippen LogP contribution in [0.15, 0.2) is 30.9 Å². The van der Waals surface area contributed by atoms with Gasteiger partial charge in [-0.1, -0.05) is 49.2 Å². The van der Waals surface area contributed by atoms with Gasteiger partial charge < -0.3 is 10.0 Å². The predicted octanol–water partition coefficient (Wildman–Crippen LogP) is 4.49. The van der Waals surface area contributed by atoms with Crippen LogP contribution in [0.1, 0.15) is 25.8 Å². The van der Waals surface area contributed by atoms with E-state index in [2.05, 4.69) is 6.58 Å². The average Bonchev–Trinajstić information content (AvgIpc) is 2.54. The van der Waals surface area contributed by atoms with Crippen LogP contribution in [0, 0.1) is 5.92 Å². The third-order valence-corrected chi connectivity index (χ3v) is 4.98. The van der Waals surface area contributed by atoms with Crippen LogP contribution in [0.2, 0.25) is 10.0 Å². The van der Waals surface area contributed by atoms with E-state index in [1.807, 2.05) is 0 Å². The summed E-state index contributed by atoms with van der Waals surface area (Å²) in [5, 5.41) is 10.3. The van der Waals surface area contributed by atoms with E-state index in [0.29, 0.717) is 22.0 Å². The fourth-order valence-electron chi connectivity index (χ4n) is 2.83. The van der Waals surface area contributed by atoms with Crippen molar-refractivity contribution in [2.45, 2.75) is 25.8 Å². The maximum absolute atomic E-state index is 12.4. The van der Waals surface area contributed by atoms with Gasteiger partial charge in [0, 0.05) is 26.6 Å². The first kappa shape index (κ1) is 21.3. The van der Waals surface area contributed by atoms with E-state index in [4.69, 9.17) is 23.2 Å². The van der Waals surface area contributed by atoms with Crippen LogP contribution in [0.3, 0.4) is 0 Å². The molecule has 0 heterocycles. The van der Waals surface area contributed by atoms with Crippen LogP contribution in [0.5, 0.6) is 0 Å². The number of rotatable bonds is 7. The van der Waals surface area contributed by atoms with Gasteiger partial charge in [0.2, 0.25) is 5.91 Å². The Hall–Kier alpha value is -1.72. The maximum Gasteiger partial charge on any atom is 0.407 e. The molecule has 1 aromatic carbocycles. The van der Waals surface area contributed by atoms with Gasteiger partial charge in [-0.25, -0.2) is 4.79 Å². The molecule has 0 aliphatic carbocycles. The largest absolute Gasteiger partial charge is 0.465 e. The predicted molar refractivity (Wildman–Crippen MR) is 101 cm³/mol. The molecule has 7 heteroatoms. The number of carbonyl (C=O) groups excluding carboxylic acids is 1. The van der Waals surface area contributed by atoms with Crippen molar-refractivity contribution in [3.8, 4) is 0 Å². The van der Waals surface area contributed by atoms with Gasteiger partial charge in [-0.15, -0.1) is 6.58 Å². The van der Waals surface area contributed by atoms with Gasteiger partial charge in [-0.2, -0.15) is 0 Å². The Kier molecular flexibility index (Phi) is 7.32. The van der Waals surface area contributed by atoms with Gasteiger partial charge in [-0.3, -0.25) is 9.69 Å². The van der Waals surface area contributed by atoms with Crippen molar-refractivity contribution in [3.63, 3.8) is 0 Å². The first-order valence-electron chi connectivity index (χ1n) is 7.85. The average molecular weight is 387 g/mol. The number of halogens is 2. The van der Waals surface area contributed by atoms with Gasteiger partial charge in [0.15, 0.2) is 0 Å². The number of nitrogens with zero attached hydrogens (tertiary/aromatic N) is 2. The van der Waals surface area contributed by atoms with Gasteiger partial charge in [0.05, 0.1) is 15.6 Å². The first-order valence-corrected chi connectivity index (χ1v) is 8.60. The Balaban J connectivity index is 3.51. The molecule has 1 N–H and O–H groups in total. The molecule has 5 nitrogen and oxygen atoms in total. The summed E-state index contributed by atoms with van der Waals surface area (Å²) < 4.78 is 0. The maximum atomic E-state index is 12.4. The molecule has 0 fully saturated rings. The van der Waals surface area contributed by atoms with Crippen LogP contribution >= 0.6 is 23.2 Å². The summed E-state index contributed by atoms with van der Waals surface area (Å²) >= 11 is 12.2. The second kappa shape index (κ2) is 8.59. The molecule has 0 radical (unpaired) electrons. The molecule has 0 aromatic heterocycles. The van der Waals surface area contributed by atoms with Crippen molar-refractivity contribution in [1.29, 1.82) is 0 Å². The highest BCUT2D eigenvalue weighted by atomic mass is 35.5. The second-order valence-corrected chi connectivity index (χ2v) is 7.16. The summed E-state index contributed by atoms with van der Waals surface area (Å²) in [4.78, 5) is 26.8. The normalized spacial score (nSPS) is 13.2. The zero-order valence-electron chi connectivity index (χ0n) is 14.9. The fraction of sp³-hybridized carbons (Fsp3) is 0.444. The van der Waals surface area contributed by atoms with Crippen LogP contribution in [0.4, 0.5) is 4.79 Å². The molecule has 0 saturated heterocycles.